The molecule has 0 spiro atoms. The van der Waals surface area contributed by atoms with E-state index >= 15 is 0 Å². The van der Waals surface area contributed by atoms with Gasteiger partial charge in [0.1, 0.15) is 11.4 Å². The number of hydrogen-bond donors (Lipinski definition) is 0. The van der Waals surface area contributed by atoms with Crippen LogP contribution in [0.2, 0.25) is 0 Å². The van der Waals surface area contributed by atoms with Gasteiger partial charge in [0.25, 0.3) is 0 Å². The van der Waals surface area contributed by atoms with Crippen LogP contribution in [0.1, 0.15) is 0 Å². The predicted octanol–water partition coefficient (Wildman–Crippen LogP) is 3.40. The molecule has 0 amide bonds. The third-order valence-corrected chi connectivity index (χ3v) is 2.50. The highest BCUT2D eigenvalue weighted by Crippen LogP contribution is 2.24. The second-order valence-electron chi connectivity index (χ2n) is 3.66. The minimum absolute atomic E-state index is 0.685. The molecule has 0 aliphatic carbocycles. The molecule has 0 atom stereocenters. The number of aromatic nitrogens is 2. The number of pyridine rings is 1. The van der Waals surface area contributed by atoms with Gasteiger partial charge in [-0.3, -0.25) is 4.98 Å². The lowest BCUT2D eigenvalue weighted by molar-refractivity contribution is 0.433. The smallest absolute Gasteiger partial charge is 0.185 e. The molecule has 17 heavy (non-hydrogen) atoms. The summed E-state index contributed by atoms with van der Waals surface area (Å²) < 4.78 is 5.29. The maximum Gasteiger partial charge on any atom is 0.185 e. The monoisotopic (exact) mass is 222 g/mol. The van der Waals surface area contributed by atoms with Crippen molar-refractivity contribution in [3.05, 3.63) is 60.8 Å². The molecule has 0 N–H and O–H groups in total. The van der Waals surface area contributed by atoms with Crippen LogP contribution in [0.25, 0.3) is 22.7 Å². The lowest BCUT2D eigenvalue weighted by Gasteiger charge is -1.92. The Bertz CT molecular complexity index is 548. The summed E-state index contributed by atoms with van der Waals surface area (Å²) in [6, 6.07) is 17.5. The van der Waals surface area contributed by atoms with Gasteiger partial charge in [-0.1, -0.05) is 41.6 Å². The van der Waals surface area contributed by atoms with Crippen LogP contribution in [0.3, 0.4) is 0 Å². The van der Waals surface area contributed by atoms with Crippen LogP contribution in [0.15, 0.2) is 65.3 Å². The third-order valence-electron chi connectivity index (χ3n) is 2.50. The molecule has 3 aromatic rings. The first-order chi connectivity index (χ1) is 8.43. The van der Waals surface area contributed by atoms with Crippen molar-refractivity contribution in [2.24, 2.45) is 0 Å². The fourth-order valence-corrected chi connectivity index (χ4v) is 1.65. The van der Waals surface area contributed by atoms with E-state index in [9.17, 15) is 0 Å². The van der Waals surface area contributed by atoms with Gasteiger partial charge < -0.3 is 4.52 Å². The Kier molecular flexibility index (Phi) is 2.43. The Morgan fingerprint density at radius 1 is 0.824 bits per heavy atom. The zero-order valence-electron chi connectivity index (χ0n) is 9.08. The fraction of sp³-hybridized carbons (Fsp3) is 0. The zero-order chi connectivity index (χ0) is 11.5. The highest BCUT2D eigenvalue weighted by molar-refractivity contribution is 5.64. The normalized spacial score (nSPS) is 10.4. The Balaban J connectivity index is 1.99. The first kappa shape index (κ1) is 9.78. The van der Waals surface area contributed by atoms with Gasteiger partial charge >= 0.3 is 0 Å². The van der Waals surface area contributed by atoms with E-state index in [0.29, 0.717) is 5.76 Å². The first-order valence-corrected chi connectivity index (χ1v) is 5.37. The van der Waals surface area contributed by atoms with E-state index in [1.54, 1.807) is 6.20 Å². The molecule has 0 aliphatic rings. The van der Waals surface area contributed by atoms with E-state index in [-0.39, 0.29) is 0 Å². The van der Waals surface area contributed by atoms with Gasteiger partial charge in [-0.25, -0.2) is 0 Å². The molecular formula is C14H10N2O. The molecule has 2 heterocycles. The number of rotatable bonds is 2. The Labute approximate surface area is 98.7 Å². The lowest BCUT2D eigenvalue weighted by Crippen LogP contribution is -1.77. The zero-order valence-corrected chi connectivity index (χ0v) is 9.08. The maximum absolute atomic E-state index is 5.29. The van der Waals surface area contributed by atoms with Crippen molar-refractivity contribution in [3.8, 4) is 22.7 Å². The summed E-state index contributed by atoms with van der Waals surface area (Å²) in [5.41, 5.74) is 2.66. The molecule has 2 aromatic heterocycles. The van der Waals surface area contributed by atoms with Gasteiger partial charge in [-0.15, -0.1) is 0 Å². The molecule has 0 aliphatic heterocycles. The van der Waals surface area contributed by atoms with Crippen molar-refractivity contribution < 1.29 is 4.52 Å². The third kappa shape index (κ3) is 1.95. The molecule has 0 saturated carbocycles. The van der Waals surface area contributed by atoms with Crippen LogP contribution in [-0.2, 0) is 0 Å². The van der Waals surface area contributed by atoms with Gasteiger partial charge in [0.15, 0.2) is 5.76 Å². The van der Waals surface area contributed by atoms with Crippen molar-refractivity contribution >= 4 is 0 Å². The average molecular weight is 222 g/mol. The minimum atomic E-state index is 0.685. The average Bonchev–Trinajstić information content (AvgIpc) is 2.90. The molecule has 0 bridgehead atoms. The molecule has 3 nitrogen and oxygen atoms in total. The van der Waals surface area contributed by atoms with E-state index < -0.39 is 0 Å². The van der Waals surface area contributed by atoms with E-state index in [2.05, 4.69) is 10.1 Å². The Hall–Kier alpha value is -2.42. The second-order valence-corrected chi connectivity index (χ2v) is 3.66. The van der Waals surface area contributed by atoms with Crippen LogP contribution in [0.4, 0.5) is 0 Å². The van der Waals surface area contributed by atoms with Gasteiger partial charge in [0.2, 0.25) is 0 Å². The number of benzene rings is 1. The first-order valence-electron chi connectivity index (χ1n) is 5.37. The van der Waals surface area contributed by atoms with Crippen molar-refractivity contribution in [1.82, 2.24) is 10.1 Å². The number of nitrogens with zero attached hydrogens (tertiary/aromatic N) is 2. The topological polar surface area (TPSA) is 38.9 Å². The molecule has 3 rings (SSSR count). The van der Waals surface area contributed by atoms with E-state index in [1.165, 1.54) is 0 Å². The van der Waals surface area contributed by atoms with Crippen LogP contribution >= 0.6 is 0 Å². The number of hydrogen-bond acceptors (Lipinski definition) is 3. The highest BCUT2D eigenvalue weighted by atomic mass is 16.5. The van der Waals surface area contributed by atoms with Crippen molar-refractivity contribution in [2.45, 2.75) is 0 Å². The lowest BCUT2D eigenvalue weighted by atomic mass is 10.1. The predicted molar refractivity (Wildman–Crippen MR) is 65.2 cm³/mol. The maximum atomic E-state index is 5.29. The Morgan fingerprint density at radius 3 is 2.41 bits per heavy atom. The van der Waals surface area contributed by atoms with Crippen LogP contribution in [0.5, 0.6) is 0 Å². The van der Waals surface area contributed by atoms with Gasteiger partial charge in [0, 0.05) is 17.8 Å². The minimum Gasteiger partial charge on any atom is -0.354 e. The summed E-state index contributed by atoms with van der Waals surface area (Å²) in [7, 11) is 0. The molecule has 82 valence electrons. The summed E-state index contributed by atoms with van der Waals surface area (Å²) in [5.74, 6) is 0.685. The van der Waals surface area contributed by atoms with E-state index in [1.807, 2.05) is 54.6 Å². The molecule has 0 unspecified atom stereocenters. The largest absolute Gasteiger partial charge is 0.354 e. The standard InChI is InChI=1S/C14H10N2O/c1-2-6-11(7-3-1)13-10-14(17-16-13)12-8-4-5-9-15-12/h1-10H. The van der Waals surface area contributed by atoms with Gasteiger partial charge in [0.05, 0.1) is 0 Å². The summed E-state index contributed by atoms with van der Waals surface area (Å²) in [5, 5.41) is 4.05. The van der Waals surface area contributed by atoms with Gasteiger partial charge in [-0.05, 0) is 12.1 Å². The SMILES string of the molecule is c1ccc(-c2cc(-c3ccccn3)on2)cc1. The molecule has 1 aromatic carbocycles. The molecular weight excluding hydrogens is 212 g/mol. The van der Waals surface area contributed by atoms with Crippen molar-refractivity contribution in [2.75, 3.05) is 0 Å². The summed E-state index contributed by atoms with van der Waals surface area (Å²) in [6.07, 6.45) is 1.74. The van der Waals surface area contributed by atoms with Crippen molar-refractivity contribution in [3.63, 3.8) is 0 Å². The van der Waals surface area contributed by atoms with Crippen molar-refractivity contribution in [1.29, 1.82) is 0 Å². The molecule has 0 radical (unpaired) electrons. The van der Waals surface area contributed by atoms with E-state index in [4.69, 9.17) is 4.52 Å². The quantitative estimate of drug-likeness (QED) is 0.667. The van der Waals surface area contributed by atoms with Crippen LogP contribution in [-0.4, -0.2) is 10.1 Å². The van der Waals surface area contributed by atoms with E-state index in [0.717, 1.165) is 17.0 Å². The van der Waals surface area contributed by atoms with Crippen LogP contribution in [0, 0.1) is 0 Å². The Morgan fingerprint density at radius 2 is 1.65 bits per heavy atom. The highest BCUT2D eigenvalue weighted by Gasteiger charge is 2.08. The summed E-state index contributed by atoms with van der Waals surface area (Å²) in [6.45, 7) is 0. The fourth-order valence-electron chi connectivity index (χ4n) is 1.65. The summed E-state index contributed by atoms with van der Waals surface area (Å²) in [4.78, 5) is 4.22. The molecule has 3 heteroatoms. The summed E-state index contributed by atoms with van der Waals surface area (Å²) >= 11 is 0. The molecule has 0 fully saturated rings. The van der Waals surface area contributed by atoms with Gasteiger partial charge in [-0.2, -0.15) is 0 Å². The molecule has 0 saturated heterocycles. The second kappa shape index (κ2) is 4.22. The van der Waals surface area contributed by atoms with Crippen LogP contribution < -0.4 is 0 Å².